The zero-order valence-electron chi connectivity index (χ0n) is 13.3. The minimum absolute atomic E-state index is 0.0809. The number of aliphatic hydroxyl groups is 1. The topological polar surface area (TPSA) is 102 Å². The van der Waals surface area contributed by atoms with Crippen molar-refractivity contribution < 1.29 is 5.11 Å². The van der Waals surface area contributed by atoms with Crippen molar-refractivity contribution in [1.29, 1.82) is 0 Å². The molecule has 0 bridgehead atoms. The molecule has 1 aromatic heterocycles. The lowest BCUT2D eigenvalue weighted by molar-refractivity contribution is 0.220. The summed E-state index contributed by atoms with van der Waals surface area (Å²) in [5, 5.41) is 12.1. The van der Waals surface area contributed by atoms with Gasteiger partial charge in [-0.05, 0) is 18.3 Å². The highest BCUT2D eigenvalue weighted by Gasteiger charge is 2.20. The standard InChI is InChI=1S/C14H26N4O3/c1-5-7-18-11(15)10(12(20)17(4)13(18)21)16-9-14(2,3)6-8-19/h16,19H,5-9,15H2,1-4H3. The predicted octanol–water partition coefficient (Wildman–Crippen LogP) is 0.360. The second-order valence-electron chi connectivity index (χ2n) is 6.05. The Labute approximate surface area is 124 Å². The molecule has 21 heavy (non-hydrogen) atoms. The summed E-state index contributed by atoms with van der Waals surface area (Å²) < 4.78 is 2.47. The lowest BCUT2D eigenvalue weighted by Crippen LogP contribution is -2.41. The summed E-state index contributed by atoms with van der Waals surface area (Å²) in [6.07, 6.45) is 1.35. The molecule has 0 unspecified atom stereocenters. The maximum Gasteiger partial charge on any atom is 0.332 e. The van der Waals surface area contributed by atoms with Crippen molar-refractivity contribution in [3.8, 4) is 0 Å². The second kappa shape index (κ2) is 6.80. The van der Waals surface area contributed by atoms with Gasteiger partial charge in [0.1, 0.15) is 11.5 Å². The summed E-state index contributed by atoms with van der Waals surface area (Å²) in [7, 11) is 1.44. The summed E-state index contributed by atoms with van der Waals surface area (Å²) >= 11 is 0. The van der Waals surface area contributed by atoms with Crippen molar-refractivity contribution in [3.05, 3.63) is 20.8 Å². The van der Waals surface area contributed by atoms with Crippen LogP contribution in [-0.2, 0) is 13.6 Å². The van der Waals surface area contributed by atoms with E-state index in [-0.39, 0.29) is 23.5 Å². The first-order valence-electron chi connectivity index (χ1n) is 7.19. The number of nitrogen functional groups attached to an aromatic ring is 1. The van der Waals surface area contributed by atoms with E-state index >= 15 is 0 Å². The molecule has 7 heteroatoms. The Morgan fingerprint density at radius 2 is 1.95 bits per heavy atom. The second-order valence-corrected chi connectivity index (χ2v) is 6.05. The fraction of sp³-hybridized carbons (Fsp3) is 0.714. The molecule has 0 saturated heterocycles. The van der Waals surface area contributed by atoms with Crippen LogP contribution in [0, 0.1) is 5.41 Å². The minimum Gasteiger partial charge on any atom is -0.396 e. The quantitative estimate of drug-likeness (QED) is 0.674. The molecular formula is C14H26N4O3. The molecule has 1 rings (SSSR count). The molecule has 0 atom stereocenters. The smallest absolute Gasteiger partial charge is 0.332 e. The van der Waals surface area contributed by atoms with Gasteiger partial charge in [-0.15, -0.1) is 0 Å². The number of rotatable bonds is 7. The minimum atomic E-state index is -0.426. The highest BCUT2D eigenvalue weighted by Crippen LogP contribution is 2.21. The van der Waals surface area contributed by atoms with E-state index in [1.54, 1.807) is 0 Å². The molecule has 0 aliphatic carbocycles. The predicted molar refractivity (Wildman–Crippen MR) is 84.6 cm³/mol. The van der Waals surface area contributed by atoms with E-state index in [9.17, 15) is 9.59 Å². The van der Waals surface area contributed by atoms with Crippen molar-refractivity contribution in [2.75, 3.05) is 24.2 Å². The monoisotopic (exact) mass is 298 g/mol. The van der Waals surface area contributed by atoms with Crippen LogP contribution in [0.4, 0.5) is 11.5 Å². The van der Waals surface area contributed by atoms with Crippen molar-refractivity contribution in [2.45, 2.75) is 40.2 Å². The van der Waals surface area contributed by atoms with E-state index in [2.05, 4.69) is 5.32 Å². The van der Waals surface area contributed by atoms with E-state index < -0.39 is 11.2 Å². The third-order valence-electron chi connectivity index (χ3n) is 3.56. The van der Waals surface area contributed by atoms with Gasteiger partial charge in [0.2, 0.25) is 0 Å². The van der Waals surface area contributed by atoms with E-state index in [1.165, 1.54) is 11.6 Å². The summed E-state index contributed by atoms with van der Waals surface area (Å²) in [4.78, 5) is 24.2. The number of aliphatic hydroxyl groups excluding tert-OH is 1. The number of aromatic nitrogens is 2. The van der Waals surface area contributed by atoms with E-state index in [4.69, 9.17) is 10.8 Å². The Morgan fingerprint density at radius 3 is 2.48 bits per heavy atom. The van der Waals surface area contributed by atoms with Crippen LogP contribution in [-0.4, -0.2) is 27.4 Å². The van der Waals surface area contributed by atoms with Gasteiger partial charge in [-0.25, -0.2) is 4.79 Å². The Kier molecular flexibility index (Phi) is 5.60. The maximum atomic E-state index is 12.2. The first-order chi connectivity index (χ1) is 9.75. The van der Waals surface area contributed by atoms with Gasteiger partial charge >= 0.3 is 5.69 Å². The van der Waals surface area contributed by atoms with Crippen molar-refractivity contribution >= 4 is 11.5 Å². The molecule has 0 aliphatic heterocycles. The fourth-order valence-electron chi connectivity index (χ4n) is 2.11. The number of anilines is 2. The number of hydrogen-bond acceptors (Lipinski definition) is 5. The average Bonchev–Trinajstić information content (AvgIpc) is 2.41. The number of nitrogens with zero attached hydrogens (tertiary/aromatic N) is 2. The highest BCUT2D eigenvalue weighted by atomic mass is 16.3. The van der Waals surface area contributed by atoms with Crippen molar-refractivity contribution in [1.82, 2.24) is 9.13 Å². The lowest BCUT2D eigenvalue weighted by atomic mass is 9.90. The summed E-state index contributed by atoms with van der Waals surface area (Å²) in [6, 6.07) is 0. The van der Waals surface area contributed by atoms with Crippen LogP contribution < -0.4 is 22.3 Å². The molecule has 0 saturated carbocycles. The zero-order valence-corrected chi connectivity index (χ0v) is 13.3. The van der Waals surface area contributed by atoms with Crippen molar-refractivity contribution in [2.24, 2.45) is 12.5 Å². The highest BCUT2D eigenvalue weighted by molar-refractivity contribution is 5.60. The van der Waals surface area contributed by atoms with Crippen LogP contribution in [0.25, 0.3) is 0 Å². The van der Waals surface area contributed by atoms with Crippen LogP contribution in [0.1, 0.15) is 33.6 Å². The van der Waals surface area contributed by atoms with Crippen LogP contribution in [0.2, 0.25) is 0 Å². The van der Waals surface area contributed by atoms with Gasteiger partial charge in [-0.1, -0.05) is 20.8 Å². The maximum absolute atomic E-state index is 12.2. The van der Waals surface area contributed by atoms with Gasteiger partial charge in [-0.2, -0.15) is 0 Å². The van der Waals surface area contributed by atoms with Gasteiger partial charge < -0.3 is 16.2 Å². The Bertz CT molecular complexity index is 601. The Hall–Kier alpha value is -1.76. The Balaban J connectivity index is 3.19. The molecule has 0 amide bonds. The average molecular weight is 298 g/mol. The number of nitrogens with two attached hydrogens (primary N) is 1. The van der Waals surface area contributed by atoms with Gasteiger partial charge in [0.15, 0.2) is 0 Å². The molecule has 0 radical (unpaired) electrons. The third-order valence-corrected chi connectivity index (χ3v) is 3.56. The largest absolute Gasteiger partial charge is 0.396 e. The molecule has 0 spiro atoms. The lowest BCUT2D eigenvalue weighted by Gasteiger charge is -2.25. The number of nitrogens with one attached hydrogen (secondary N) is 1. The molecule has 7 nitrogen and oxygen atoms in total. The first kappa shape index (κ1) is 17.3. The van der Waals surface area contributed by atoms with Gasteiger partial charge in [0.05, 0.1) is 0 Å². The third kappa shape index (κ3) is 3.87. The molecular weight excluding hydrogens is 272 g/mol. The summed E-state index contributed by atoms with van der Waals surface area (Å²) in [6.45, 7) is 6.94. The molecule has 0 fully saturated rings. The number of hydrogen-bond donors (Lipinski definition) is 3. The molecule has 0 aromatic carbocycles. The van der Waals surface area contributed by atoms with Crippen LogP contribution in [0.15, 0.2) is 9.59 Å². The normalized spacial score (nSPS) is 11.7. The van der Waals surface area contributed by atoms with Crippen LogP contribution in [0.3, 0.4) is 0 Å². The van der Waals surface area contributed by atoms with Gasteiger partial charge in [0.25, 0.3) is 5.56 Å². The summed E-state index contributed by atoms with van der Waals surface area (Å²) in [5.41, 5.74) is 5.22. The Morgan fingerprint density at radius 1 is 1.33 bits per heavy atom. The van der Waals surface area contributed by atoms with Crippen LogP contribution in [0.5, 0.6) is 0 Å². The fourth-order valence-corrected chi connectivity index (χ4v) is 2.11. The van der Waals surface area contributed by atoms with E-state index in [0.717, 1.165) is 11.0 Å². The van der Waals surface area contributed by atoms with E-state index in [1.807, 2.05) is 20.8 Å². The van der Waals surface area contributed by atoms with Crippen molar-refractivity contribution in [3.63, 3.8) is 0 Å². The van der Waals surface area contributed by atoms with Crippen LogP contribution >= 0.6 is 0 Å². The molecule has 4 N–H and O–H groups in total. The van der Waals surface area contributed by atoms with Gasteiger partial charge in [-0.3, -0.25) is 13.9 Å². The molecule has 120 valence electrons. The SMILES string of the molecule is CCCn1c(N)c(NCC(C)(C)CCO)c(=O)n(C)c1=O. The van der Waals surface area contributed by atoms with Gasteiger partial charge in [0, 0.05) is 26.7 Å². The van der Waals surface area contributed by atoms with E-state index in [0.29, 0.717) is 19.5 Å². The summed E-state index contributed by atoms with van der Waals surface area (Å²) in [5.74, 6) is 0.171. The molecule has 1 aromatic rings. The molecule has 0 aliphatic rings. The molecule has 1 heterocycles. The first-order valence-corrected chi connectivity index (χ1v) is 7.19. The zero-order chi connectivity index (χ0) is 16.2.